The van der Waals surface area contributed by atoms with Crippen molar-refractivity contribution in [1.29, 1.82) is 0 Å². The molecule has 5 heterocycles. The van der Waals surface area contributed by atoms with Crippen molar-refractivity contribution in [2.75, 3.05) is 35.2 Å². The molecule has 1 aromatic carbocycles. The maximum absolute atomic E-state index is 12.7. The number of carbonyl (C=O) groups is 1. The molecule has 2 aliphatic rings. The van der Waals surface area contributed by atoms with E-state index in [1.54, 1.807) is 35.4 Å². The van der Waals surface area contributed by atoms with Gasteiger partial charge < -0.3 is 45.8 Å². The maximum Gasteiger partial charge on any atom is 0.319 e. The van der Waals surface area contributed by atoms with Crippen molar-refractivity contribution in [2.24, 2.45) is 0 Å². The Morgan fingerprint density at radius 3 is 2.63 bits per heavy atom. The molecule has 4 aromatic heterocycles. The molecule has 1 saturated carbocycles. The van der Waals surface area contributed by atoms with Crippen molar-refractivity contribution in [3.8, 4) is 0 Å². The molecule has 7 rings (SSSR count). The topological polar surface area (TPSA) is 237 Å². The molecule has 2 fully saturated rings. The molecule has 2 amide bonds. The van der Waals surface area contributed by atoms with Gasteiger partial charge in [-0.05, 0) is 42.2 Å². The van der Waals surface area contributed by atoms with Gasteiger partial charge in [-0.25, -0.2) is 9.78 Å². The first-order chi connectivity index (χ1) is 23.9. The van der Waals surface area contributed by atoms with Crippen LogP contribution in [0.4, 0.5) is 22.2 Å². The van der Waals surface area contributed by atoms with Crippen LogP contribution in [-0.4, -0.2) is 115 Å². The summed E-state index contributed by atoms with van der Waals surface area (Å²) < 4.78 is 1.71. The van der Waals surface area contributed by atoms with Crippen molar-refractivity contribution in [2.45, 2.75) is 62.2 Å². The summed E-state index contributed by atoms with van der Waals surface area (Å²) in [7, 11) is 0. The van der Waals surface area contributed by atoms with E-state index in [0.717, 1.165) is 5.56 Å². The van der Waals surface area contributed by atoms with Gasteiger partial charge in [-0.3, -0.25) is 4.98 Å². The van der Waals surface area contributed by atoms with Gasteiger partial charge in [0.05, 0.1) is 36.9 Å². The lowest BCUT2D eigenvalue weighted by molar-refractivity contribution is 0.00469. The van der Waals surface area contributed by atoms with Gasteiger partial charge in [-0.1, -0.05) is 30.3 Å². The number of hydrogen-bond donors (Lipinski definition) is 7. The van der Waals surface area contributed by atoms with Crippen LogP contribution >= 0.6 is 0 Å². The minimum absolute atomic E-state index is 0.105. The van der Waals surface area contributed by atoms with E-state index in [-0.39, 0.29) is 30.9 Å². The summed E-state index contributed by atoms with van der Waals surface area (Å²) in [6.07, 6.45) is 3.70. The molecule has 49 heavy (non-hydrogen) atoms. The van der Waals surface area contributed by atoms with Crippen LogP contribution in [0.15, 0.2) is 61.2 Å². The second-order valence-corrected chi connectivity index (χ2v) is 12.2. The Bertz CT molecular complexity index is 1870. The number of anilines is 3. The summed E-state index contributed by atoms with van der Waals surface area (Å²) in [5.41, 5.74) is 2.44. The number of tetrazole rings is 1. The standard InChI is InChI=1S/C31H37N13O5/c45-15-21(11-18-5-2-1-3-6-18)34-28-25-29(43(17-33-25)22-12-23(27(48)26(22)47)44-40-24(16-46)39-41-44)38-30(37-28)42-10-8-20(14-42)36-31(49)35-19-7-4-9-32-13-19/h1-7,9,13,17,20-23,26-27,45-48H,8,10-12,14-16H2,(H,34,37,38)(H2,35,36,49)/t20-,21+,22-,23+,26+,27-/m1/s1. The van der Waals surface area contributed by atoms with Gasteiger partial charge in [-0.15, -0.1) is 10.2 Å². The van der Waals surface area contributed by atoms with E-state index in [4.69, 9.17) is 9.97 Å². The fourth-order valence-corrected chi connectivity index (χ4v) is 6.44. The molecular weight excluding hydrogens is 634 g/mol. The number of pyridine rings is 1. The lowest BCUT2D eigenvalue weighted by Gasteiger charge is -2.22. The molecule has 5 aromatic rings. The van der Waals surface area contributed by atoms with E-state index < -0.39 is 36.9 Å². The number of nitrogens with zero attached hydrogens (tertiary/aromatic N) is 10. The molecule has 0 spiro atoms. The van der Waals surface area contributed by atoms with Gasteiger partial charge in [0, 0.05) is 25.3 Å². The van der Waals surface area contributed by atoms with E-state index in [1.165, 1.54) is 4.80 Å². The van der Waals surface area contributed by atoms with Crippen LogP contribution in [-0.2, 0) is 13.0 Å². The third-order valence-electron chi connectivity index (χ3n) is 8.91. The Kier molecular flexibility index (Phi) is 9.25. The van der Waals surface area contributed by atoms with Crippen molar-refractivity contribution in [3.05, 3.63) is 72.6 Å². The van der Waals surface area contributed by atoms with Gasteiger partial charge in [0.1, 0.15) is 24.9 Å². The zero-order chi connectivity index (χ0) is 33.9. The predicted molar refractivity (Wildman–Crippen MR) is 175 cm³/mol. The van der Waals surface area contributed by atoms with Gasteiger partial charge in [0.15, 0.2) is 22.8 Å². The summed E-state index contributed by atoms with van der Waals surface area (Å²) in [5.74, 6) is 0.878. The van der Waals surface area contributed by atoms with Crippen LogP contribution in [0.2, 0.25) is 0 Å². The number of benzene rings is 1. The quantitative estimate of drug-likeness (QED) is 0.0981. The number of nitrogens with one attached hydrogen (secondary N) is 3. The minimum atomic E-state index is -1.23. The molecular formula is C31H37N13O5. The van der Waals surface area contributed by atoms with Gasteiger partial charge >= 0.3 is 6.03 Å². The lowest BCUT2D eigenvalue weighted by atomic mass is 10.1. The number of rotatable bonds is 11. The normalized spacial score (nSPS) is 22.8. The Morgan fingerprint density at radius 1 is 1.04 bits per heavy atom. The van der Waals surface area contributed by atoms with Crippen LogP contribution in [0, 0.1) is 0 Å². The highest BCUT2D eigenvalue weighted by Crippen LogP contribution is 2.40. The number of aromatic nitrogens is 9. The first-order valence-electron chi connectivity index (χ1n) is 16.0. The molecule has 256 valence electrons. The van der Waals surface area contributed by atoms with Crippen LogP contribution in [0.5, 0.6) is 0 Å². The van der Waals surface area contributed by atoms with Gasteiger partial charge in [0.25, 0.3) is 0 Å². The zero-order valence-corrected chi connectivity index (χ0v) is 26.4. The number of hydrogen-bond acceptors (Lipinski definition) is 14. The summed E-state index contributed by atoms with van der Waals surface area (Å²) in [4.78, 5) is 34.3. The van der Waals surface area contributed by atoms with Crippen molar-refractivity contribution < 1.29 is 25.2 Å². The monoisotopic (exact) mass is 671 g/mol. The smallest absolute Gasteiger partial charge is 0.319 e. The van der Waals surface area contributed by atoms with E-state index in [0.29, 0.717) is 54.5 Å². The minimum Gasteiger partial charge on any atom is -0.394 e. The van der Waals surface area contributed by atoms with Crippen LogP contribution in [0.1, 0.15) is 36.3 Å². The zero-order valence-electron chi connectivity index (χ0n) is 26.4. The Morgan fingerprint density at radius 2 is 1.88 bits per heavy atom. The van der Waals surface area contributed by atoms with Crippen LogP contribution < -0.4 is 20.9 Å². The van der Waals surface area contributed by atoms with Crippen LogP contribution in [0.25, 0.3) is 11.2 Å². The molecule has 1 saturated heterocycles. The van der Waals surface area contributed by atoms with E-state index in [2.05, 4.69) is 41.3 Å². The van der Waals surface area contributed by atoms with E-state index >= 15 is 0 Å². The number of aliphatic hydroxyl groups excluding tert-OH is 4. The average Bonchev–Trinajstić information content (AvgIpc) is 3.93. The number of carbonyl (C=O) groups excluding carboxylic acids is 1. The number of imidazole rings is 1. The third kappa shape index (κ3) is 6.84. The molecule has 6 atom stereocenters. The first kappa shape index (κ1) is 32.3. The fraction of sp³-hybridized carbons (Fsp3) is 0.419. The fourth-order valence-electron chi connectivity index (χ4n) is 6.44. The van der Waals surface area contributed by atoms with Gasteiger partial charge in [-0.2, -0.15) is 14.8 Å². The highest BCUT2D eigenvalue weighted by Gasteiger charge is 2.45. The molecule has 0 radical (unpaired) electrons. The number of fused-ring (bicyclic) bond motifs is 1. The molecule has 1 aliphatic heterocycles. The molecule has 18 nitrogen and oxygen atoms in total. The number of urea groups is 1. The average molecular weight is 672 g/mol. The molecule has 0 unspecified atom stereocenters. The van der Waals surface area contributed by atoms with Crippen molar-refractivity contribution in [1.82, 2.24) is 50.0 Å². The summed E-state index contributed by atoms with van der Waals surface area (Å²) >= 11 is 0. The highest BCUT2D eigenvalue weighted by molar-refractivity contribution is 5.89. The van der Waals surface area contributed by atoms with Crippen LogP contribution in [0.3, 0.4) is 0 Å². The third-order valence-corrected chi connectivity index (χ3v) is 8.91. The Labute approximate surface area is 279 Å². The Hall–Kier alpha value is -5.30. The van der Waals surface area contributed by atoms with Gasteiger partial charge in [0.2, 0.25) is 5.95 Å². The summed E-state index contributed by atoms with van der Waals surface area (Å²) in [6.45, 7) is 0.416. The van der Waals surface area contributed by atoms with E-state index in [1.807, 2.05) is 35.2 Å². The molecule has 0 bridgehead atoms. The highest BCUT2D eigenvalue weighted by atomic mass is 16.3. The molecule has 18 heteroatoms. The predicted octanol–water partition coefficient (Wildman–Crippen LogP) is 0.0239. The van der Waals surface area contributed by atoms with Crippen molar-refractivity contribution in [3.63, 3.8) is 0 Å². The molecule has 7 N–H and O–H groups in total. The second-order valence-electron chi connectivity index (χ2n) is 12.2. The first-order valence-corrected chi connectivity index (χ1v) is 16.0. The number of amides is 2. The van der Waals surface area contributed by atoms with Crippen molar-refractivity contribution >= 4 is 34.6 Å². The second kappa shape index (κ2) is 14.0. The van der Waals surface area contributed by atoms with E-state index in [9.17, 15) is 25.2 Å². The lowest BCUT2D eigenvalue weighted by Crippen LogP contribution is -2.40. The number of aliphatic hydroxyl groups is 4. The summed E-state index contributed by atoms with van der Waals surface area (Å²) in [6, 6.07) is 11.0. The largest absolute Gasteiger partial charge is 0.394 e. The SMILES string of the molecule is O=C(Nc1cccnc1)N[C@@H]1CCN(c2nc(N[C@H](CO)Cc3ccccc3)c3ncn([C@@H]4C[C@H](n5nnc(CO)n5)[C@@H](O)[C@H]4O)c3n2)C1. The Balaban J connectivity index is 1.17. The maximum atomic E-state index is 12.7. The molecule has 1 aliphatic carbocycles. The summed E-state index contributed by atoms with van der Waals surface area (Å²) in [5, 5.41) is 63.0.